The number of pyridine rings is 1. The predicted octanol–water partition coefficient (Wildman–Crippen LogP) is 2.72. The van der Waals surface area contributed by atoms with Gasteiger partial charge in [0.15, 0.2) is 0 Å². The molecular weight excluding hydrogens is 302 g/mol. The van der Waals surface area contributed by atoms with Crippen molar-refractivity contribution in [1.82, 2.24) is 10.3 Å². The summed E-state index contributed by atoms with van der Waals surface area (Å²) in [5.41, 5.74) is 2.39. The van der Waals surface area contributed by atoms with E-state index in [1.165, 1.54) is 6.20 Å². The standard InChI is InChI=1S/C16H18ClN3O2/c1-22-7-6-19-16(21)13-8-15(11-18-10-13)20-9-12-2-4-14(17)5-3-12/h2-5,8,10-11,20H,6-7,9H2,1H3,(H,19,21). The van der Waals surface area contributed by atoms with Crippen LogP contribution in [0.3, 0.4) is 0 Å². The number of carbonyl (C=O) groups is 1. The van der Waals surface area contributed by atoms with Gasteiger partial charge in [0.1, 0.15) is 0 Å². The summed E-state index contributed by atoms with van der Waals surface area (Å²) >= 11 is 5.85. The van der Waals surface area contributed by atoms with Crippen molar-refractivity contribution in [1.29, 1.82) is 0 Å². The molecule has 0 aliphatic carbocycles. The molecule has 0 spiro atoms. The molecule has 0 bridgehead atoms. The van der Waals surface area contributed by atoms with E-state index in [1.807, 2.05) is 24.3 Å². The maximum absolute atomic E-state index is 11.9. The van der Waals surface area contributed by atoms with Gasteiger partial charge in [-0.05, 0) is 23.8 Å². The van der Waals surface area contributed by atoms with Gasteiger partial charge in [-0.1, -0.05) is 23.7 Å². The lowest BCUT2D eigenvalue weighted by Crippen LogP contribution is -2.27. The van der Waals surface area contributed by atoms with E-state index in [-0.39, 0.29) is 5.91 Å². The summed E-state index contributed by atoms with van der Waals surface area (Å²) in [6.45, 7) is 1.58. The second-order valence-corrected chi connectivity index (χ2v) is 5.13. The Balaban J connectivity index is 1.93. The molecule has 2 N–H and O–H groups in total. The van der Waals surface area contributed by atoms with Gasteiger partial charge in [-0.2, -0.15) is 0 Å². The largest absolute Gasteiger partial charge is 0.383 e. The number of benzene rings is 1. The van der Waals surface area contributed by atoms with E-state index < -0.39 is 0 Å². The molecule has 0 aliphatic heterocycles. The van der Waals surface area contributed by atoms with Gasteiger partial charge < -0.3 is 15.4 Å². The van der Waals surface area contributed by atoms with Crippen LogP contribution in [0.2, 0.25) is 5.02 Å². The van der Waals surface area contributed by atoms with Gasteiger partial charge in [-0.3, -0.25) is 9.78 Å². The number of rotatable bonds is 7. The Kier molecular flexibility index (Phi) is 6.18. The summed E-state index contributed by atoms with van der Waals surface area (Å²) in [5, 5.41) is 6.70. The van der Waals surface area contributed by atoms with Crippen molar-refractivity contribution >= 4 is 23.2 Å². The zero-order valence-electron chi connectivity index (χ0n) is 12.3. The highest BCUT2D eigenvalue weighted by molar-refractivity contribution is 6.30. The third-order valence-electron chi connectivity index (χ3n) is 3.00. The van der Waals surface area contributed by atoms with Crippen molar-refractivity contribution in [2.75, 3.05) is 25.6 Å². The summed E-state index contributed by atoms with van der Waals surface area (Å²) in [5.74, 6) is -0.167. The van der Waals surface area contributed by atoms with Crippen LogP contribution in [0.15, 0.2) is 42.7 Å². The highest BCUT2D eigenvalue weighted by Crippen LogP contribution is 2.13. The molecule has 0 radical (unpaired) electrons. The first-order chi connectivity index (χ1) is 10.7. The summed E-state index contributed by atoms with van der Waals surface area (Å²) in [4.78, 5) is 16.0. The summed E-state index contributed by atoms with van der Waals surface area (Å²) in [6.07, 6.45) is 3.22. The van der Waals surface area contributed by atoms with Gasteiger partial charge in [0.2, 0.25) is 0 Å². The van der Waals surface area contributed by atoms with E-state index >= 15 is 0 Å². The van der Waals surface area contributed by atoms with E-state index in [0.717, 1.165) is 11.3 Å². The molecule has 0 aliphatic rings. The van der Waals surface area contributed by atoms with Gasteiger partial charge in [-0.25, -0.2) is 0 Å². The van der Waals surface area contributed by atoms with E-state index in [2.05, 4.69) is 15.6 Å². The molecule has 5 nitrogen and oxygen atoms in total. The van der Waals surface area contributed by atoms with Crippen LogP contribution in [-0.4, -0.2) is 31.2 Å². The Morgan fingerprint density at radius 2 is 2.05 bits per heavy atom. The Hall–Kier alpha value is -2.11. The van der Waals surface area contributed by atoms with E-state index in [9.17, 15) is 4.79 Å². The average Bonchev–Trinajstić information content (AvgIpc) is 2.55. The van der Waals surface area contributed by atoms with Crippen molar-refractivity contribution < 1.29 is 9.53 Å². The third kappa shape index (κ3) is 5.02. The Morgan fingerprint density at radius 3 is 2.77 bits per heavy atom. The van der Waals surface area contributed by atoms with E-state index in [4.69, 9.17) is 16.3 Å². The fourth-order valence-corrected chi connectivity index (χ4v) is 1.96. The molecule has 2 aromatic rings. The van der Waals surface area contributed by atoms with Gasteiger partial charge in [0.05, 0.1) is 17.9 Å². The first-order valence-corrected chi connectivity index (χ1v) is 7.27. The number of nitrogens with one attached hydrogen (secondary N) is 2. The summed E-state index contributed by atoms with van der Waals surface area (Å²) < 4.78 is 4.90. The molecule has 0 unspecified atom stereocenters. The molecular formula is C16H18ClN3O2. The monoisotopic (exact) mass is 319 g/mol. The first kappa shape index (κ1) is 16.3. The van der Waals surface area contributed by atoms with Crippen LogP contribution in [0.5, 0.6) is 0 Å². The van der Waals surface area contributed by atoms with Crippen LogP contribution in [-0.2, 0) is 11.3 Å². The molecule has 0 saturated heterocycles. The molecule has 0 fully saturated rings. The highest BCUT2D eigenvalue weighted by atomic mass is 35.5. The predicted molar refractivity (Wildman–Crippen MR) is 87.2 cm³/mol. The lowest BCUT2D eigenvalue weighted by atomic mass is 10.2. The van der Waals surface area contributed by atoms with Gasteiger partial charge in [0, 0.05) is 37.6 Å². The molecule has 0 saturated carbocycles. The second-order valence-electron chi connectivity index (χ2n) is 4.69. The molecule has 1 aromatic heterocycles. The van der Waals surface area contributed by atoms with E-state index in [1.54, 1.807) is 19.4 Å². The van der Waals surface area contributed by atoms with Gasteiger partial charge in [-0.15, -0.1) is 0 Å². The second kappa shape index (κ2) is 8.36. The molecule has 116 valence electrons. The minimum atomic E-state index is -0.167. The number of aromatic nitrogens is 1. The smallest absolute Gasteiger partial charge is 0.253 e. The minimum Gasteiger partial charge on any atom is -0.383 e. The van der Waals surface area contributed by atoms with Gasteiger partial charge in [0.25, 0.3) is 5.91 Å². The Bertz CT molecular complexity index is 617. The van der Waals surface area contributed by atoms with Crippen molar-refractivity contribution in [2.45, 2.75) is 6.54 Å². The van der Waals surface area contributed by atoms with Crippen molar-refractivity contribution in [3.63, 3.8) is 0 Å². The fourth-order valence-electron chi connectivity index (χ4n) is 1.84. The number of hydrogen-bond donors (Lipinski definition) is 2. The zero-order valence-corrected chi connectivity index (χ0v) is 13.1. The van der Waals surface area contributed by atoms with Crippen LogP contribution in [0.25, 0.3) is 0 Å². The third-order valence-corrected chi connectivity index (χ3v) is 3.25. The summed E-state index contributed by atoms with van der Waals surface area (Å²) in [6, 6.07) is 9.35. The molecule has 6 heteroatoms. The minimum absolute atomic E-state index is 0.167. The fraction of sp³-hybridized carbons (Fsp3) is 0.250. The number of anilines is 1. The maximum atomic E-state index is 11.9. The number of ether oxygens (including phenoxy) is 1. The molecule has 1 aromatic carbocycles. The van der Waals surface area contributed by atoms with E-state index in [0.29, 0.717) is 30.3 Å². The Labute approximate surface area is 134 Å². The SMILES string of the molecule is COCCNC(=O)c1cncc(NCc2ccc(Cl)cc2)c1. The average molecular weight is 320 g/mol. The first-order valence-electron chi connectivity index (χ1n) is 6.89. The molecule has 2 rings (SSSR count). The molecule has 1 amide bonds. The van der Waals surface area contributed by atoms with Crippen LogP contribution in [0.1, 0.15) is 15.9 Å². The number of carbonyl (C=O) groups excluding carboxylic acids is 1. The topological polar surface area (TPSA) is 63.2 Å². The lowest BCUT2D eigenvalue weighted by molar-refractivity contribution is 0.0937. The number of halogens is 1. The quantitative estimate of drug-likeness (QED) is 0.770. The Morgan fingerprint density at radius 1 is 1.27 bits per heavy atom. The van der Waals surface area contributed by atoms with Gasteiger partial charge >= 0.3 is 0 Å². The maximum Gasteiger partial charge on any atom is 0.253 e. The van der Waals surface area contributed by atoms with Crippen molar-refractivity contribution in [3.8, 4) is 0 Å². The zero-order chi connectivity index (χ0) is 15.8. The number of amides is 1. The molecule has 1 heterocycles. The lowest BCUT2D eigenvalue weighted by Gasteiger charge is -2.08. The van der Waals surface area contributed by atoms with Crippen molar-refractivity contribution in [3.05, 3.63) is 58.9 Å². The van der Waals surface area contributed by atoms with Crippen molar-refractivity contribution in [2.24, 2.45) is 0 Å². The number of hydrogen-bond acceptors (Lipinski definition) is 4. The van der Waals surface area contributed by atoms with Crippen LogP contribution >= 0.6 is 11.6 Å². The normalized spacial score (nSPS) is 10.3. The molecule has 22 heavy (non-hydrogen) atoms. The van der Waals surface area contributed by atoms with Crippen LogP contribution in [0, 0.1) is 0 Å². The van der Waals surface area contributed by atoms with Crippen LogP contribution in [0.4, 0.5) is 5.69 Å². The molecule has 0 atom stereocenters. The van der Waals surface area contributed by atoms with Crippen LogP contribution < -0.4 is 10.6 Å². The number of methoxy groups -OCH3 is 1. The number of nitrogens with zero attached hydrogens (tertiary/aromatic N) is 1. The summed E-state index contributed by atoms with van der Waals surface area (Å²) in [7, 11) is 1.59. The highest BCUT2D eigenvalue weighted by Gasteiger charge is 2.06.